The van der Waals surface area contributed by atoms with Crippen molar-refractivity contribution in [1.82, 2.24) is 19.0 Å². The van der Waals surface area contributed by atoms with Crippen LogP contribution in [0.25, 0.3) is 21.8 Å². The molecule has 228 valence electrons. The smallest absolute Gasteiger partial charge is 0.341 e. The molecule has 2 aliphatic rings. The number of aromatic hydroxyl groups is 1. The zero-order valence-electron chi connectivity index (χ0n) is 24.0. The van der Waals surface area contributed by atoms with Crippen molar-refractivity contribution in [3.05, 3.63) is 94.3 Å². The Kier molecular flexibility index (Phi) is 7.09. The largest absolute Gasteiger partial charge is 0.493 e. The molecule has 5 aromatic rings. The molecule has 45 heavy (non-hydrogen) atoms. The summed E-state index contributed by atoms with van der Waals surface area (Å²) in [7, 11) is 0. The standard InChI is InChI=1S/C32H28FN7O5/c33-24-15-22-26(39(20-5-6-20)17-23(29(22)41)32(44)45)16-27(24)38-13-11-37(12-14-38)18-40-25-4-2-1-3-21(25)28(31(40)43)35-36-30(42)19-7-9-34-10-8-19/h1-4,7-10,15-17,20,43H,5-6,11-14,18H2,(H,44,45). The summed E-state index contributed by atoms with van der Waals surface area (Å²) in [5, 5.41) is 29.3. The number of carbonyl (C=O) groups is 2. The van der Waals surface area contributed by atoms with Gasteiger partial charge in [-0.3, -0.25) is 24.0 Å². The number of rotatable bonds is 7. The van der Waals surface area contributed by atoms with Crippen molar-refractivity contribution >= 4 is 45.1 Å². The summed E-state index contributed by atoms with van der Waals surface area (Å²) in [5.41, 5.74) is 1.08. The first kappa shape index (κ1) is 28.3. The Labute approximate surface area is 255 Å². The van der Waals surface area contributed by atoms with Crippen molar-refractivity contribution in [2.75, 3.05) is 31.1 Å². The Morgan fingerprint density at radius 2 is 1.71 bits per heavy atom. The van der Waals surface area contributed by atoms with Crippen molar-refractivity contribution in [2.45, 2.75) is 25.6 Å². The Morgan fingerprint density at radius 3 is 2.42 bits per heavy atom. The molecular weight excluding hydrogens is 581 g/mol. The normalized spacial score (nSPS) is 15.8. The van der Waals surface area contributed by atoms with E-state index >= 15 is 4.39 Å². The van der Waals surface area contributed by atoms with Gasteiger partial charge in [0.15, 0.2) is 5.69 Å². The number of hydrogen-bond acceptors (Lipinski definition) is 8. The fraction of sp³-hybridized carbons (Fsp3) is 0.250. The number of amides is 1. The van der Waals surface area contributed by atoms with Crippen LogP contribution in [-0.4, -0.2) is 67.3 Å². The molecule has 4 heterocycles. The van der Waals surface area contributed by atoms with E-state index in [-0.39, 0.29) is 28.6 Å². The zero-order chi connectivity index (χ0) is 31.2. The molecule has 2 fully saturated rings. The summed E-state index contributed by atoms with van der Waals surface area (Å²) in [6.45, 7) is 2.39. The minimum absolute atomic E-state index is 0.0621. The Balaban J connectivity index is 1.12. The topological polar surface area (TPSA) is 146 Å². The number of nitrogens with zero attached hydrogens (tertiary/aromatic N) is 7. The molecule has 0 unspecified atom stereocenters. The monoisotopic (exact) mass is 609 g/mol. The second-order valence-electron chi connectivity index (χ2n) is 11.2. The van der Waals surface area contributed by atoms with Gasteiger partial charge in [-0.05, 0) is 43.2 Å². The lowest BCUT2D eigenvalue weighted by atomic mass is 10.1. The quantitative estimate of drug-likeness (QED) is 0.247. The van der Waals surface area contributed by atoms with E-state index < -0.39 is 23.1 Å². The minimum Gasteiger partial charge on any atom is -0.493 e. The lowest BCUT2D eigenvalue weighted by Gasteiger charge is -2.36. The van der Waals surface area contributed by atoms with Gasteiger partial charge in [0, 0.05) is 67.1 Å². The first-order valence-electron chi connectivity index (χ1n) is 14.6. The number of para-hydroxylation sites is 1. The number of piperazine rings is 1. The third-order valence-corrected chi connectivity index (χ3v) is 8.41. The average molecular weight is 610 g/mol. The van der Waals surface area contributed by atoms with Crippen molar-refractivity contribution in [2.24, 2.45) is 10.2 Å². The first-order chi connectivity index (χ1) is 21.8. The number of anilines is 1. The molecule has 7 rings (SSSR count). The Bertz CT molecular complexity index is 2060. The fourth-order valence-electron chi connectivity index (χ4n) is 5.90. The number of hydrogen-bond donors (Lipinski definition) is 2. The van der Waals surface area contributed by atoms with Crippen molar-refractivity contribution in [3.8, 4) is 5.88 Å². The van der Waals surface area contributed by atoms with Crippen LogP contribution in [0.15, 0.2) is 82.1 Å². The van der Waals surface area contributed by atoms with E-state index in [1.807, 2.05) is 23.1 Å². The molecule has 3 aromatic heterocycles. The molecule has 1 saturated carbocycles. The van der Waals surface area contributed by atoms with Crippen LogP contribution >= 0.6 is 0 Å². The van der Waals surface area contributed by atoms with E-state index in [1.165, 1.54) is 30.7 Å². The number of carboxylic acid groups (broad SMARTS) is 1. The van der Waals surface area contributed by atoms with Crippen LogP contribution in [0.2, 0.25) is 0 Å². The van der Waals surface area contributed by atoms with E-state index in [0.29, 0.717) is 55.0 Å². The highest BCUT2D eigenvalue weighted by Gasteiger charge is 2.29. The summed E-state index contributed by atoms with van der Waals surface area (Å²) in [4.78, 5) is 44.9. The fourth-order valence-corrected chi connectivity index (χ4v) is 5.90. The Hall–Kier alpha value is -5.43. The molecule has 12 nitrogen and oxygen atoms in total. The minimum atomic E-state index is -1.33. The Morgan fingerprint density at radius 1 is 0.978 bits per heavy atom. The molecule has 0 radical (unpaired) electrons. The van der Waals surface area contributed by atoms with Gasteiger partial charge in [-0.15, -0.1) is 10.2 Å². The van der Waals surface area contributed by atoms with Crippen molar-refractivity contribution in [1.29, 1.82) is 0 Å². The van der Waals surface area contributed by atoms with Gasteiger partial charge in [-0.2, -0.15) is 0 Å². The highest BCUT2D eigenvalue weighted by molar-refractivity contribution is 5.97. The molecular formula is C32H28FN7O5. The number of carbonyl (C=O) groups excluding carboxylic acids is 1. The van der Waals surface area contributed by atoms with Crippen LogP contribution in [0.1, 0.15) is 39.6 Å². The van der Waals surface area contributed by atoms with E-state index in [1.54, 1.807) is 21.3 Å². The molecule has 2 N–H and O–H groups in total. The third-order valence-electron chi connectivity index (χ3n) is 8.41. The number of fused-ring (bicyclic) bond motifs is 2. The molecule has 1 aliphatic carbocycles. The maximum atomic E-state index is 15.4. The first-order valence-corrected chi connectivity index (χ1v) is 14.6. The number of aromatic nitrogens is 3. The molecule has 1 amide bonds. The summed E-state index contributed by atoms with van der Waals surface area (Å²) >= 11 is 0. The molecule has 13 heteroatoms. The number of pyridine rings is 2. The van der Waals surface area contributed by atoms with Crippen molar-refractivity contribution in [3.63, 3.8) is 0 Å². The molecule has 1 aliphatic heterocycles. The van der Waals surface area contributed by atoms with Gasteiger partial charge >= 0.3 is 5.97 Å². The van der Waals surface area contributed by atoms with E-state index in [9.17, 15) is 24.6 Å². The van der Waals surface area contributed by atoms with Crippen LogP contribution in [0.5, 0.6) is 5.88 Å². The number of benzene rings is 2. The number of azo groups is 1. The predicted molar refractivity (Wildman–Crippen MR) is 164 cm³/mol. The van der Waals surface area contributed by atoms with Crippen LogP contribution in [0.3, 0.4) is 0 Å². The number of carboxylic acids is 1. The summed E-state index contributed by atoms with van der Waals surface area (Å²) < 4.78 is 18.9. The summed E-state index contributed by atoms with van der Waals surface area (Å²) in [5.74, 6) is -2.58. The average Bonchev–Trinajstić information content (AvgIpc) is 3.86. The van der Waals surface area contributed by atoms with Gasteiger partial charge in [0.1, 0.15) is 11.4 Å². The second kappa shape index (κ2) is 11.2. The summed E-state index contributed by atoms with van der Waals surface area (Å²) in [6, 6.07) is 13.3. The lowest BCUT2D eigenvalue weighted by molar-refractivity contribution is 0.0694. The van der Waals surface area contributed by atoms with Gasteiger partial charge in [0.25, 0.3) is 5.91 Å². The molecule has 1 saturated heterocycles. The number of aromatic carboxylic acids is 1. The molecule has 0 atom stereocenters. The maximum absolute atomic E-state index is 15.4. The zero-order valence-corrected chi connectivity index (χ0v) is 24.0. The van der Waals surface area contributed by atoms with Crippen molar-refractivity contribution < 1.29 is 24.2 Å². The third kappa shape index (κ3) is 5.20. The molecule has 0 bridgehead atoms. The lowest BCUT2D eigenvalue weighted by Crippen LogP contribution is -2.47. The maximum Gasteiger partial charge on any atom is 0.341 e. The van der Waals surface area contributed by atoms with Gasteiger partial charge < -0.3 is 19.7 Å². The van der Waals surface area contributed by atoms with E-state index in [0.717, 1.165) is 24.4 Å². The second-order valence-corrected chi connectivity index (χ2v) is 11.2. The van der Waals surface area contributed by atoms with Crippen LogP contribution < -0.4 is 10.3 Å². The van der Waals surface area contributed by atoms with Gasteiger partial charge in [-0.1, -0.05) is 18.2 Å². The van der Waals surface area contributed by atoms with Gasteiger partial charge in [0.2, 0.25) is 11.3 Å². The highest BCUT2D eigenvalue weighted by atomic mass is 19.1. The predicted octanol–water partition coefficient (Wildman–Crippen LogP) is 4.93. The van der Waals surface area contributed by atoms with Gasteiger partial charge in [-0.25, -0.2) is 9.18 Å². The number of halogens is 1. The molecule has 2 aromatic carbocycles. The van der Waals surface area contributed by atoms with Crippen LogP contribution in [-0.2, 0) is 6.67 Å². The van der Waals surface area contributed by atoms with Crippen LogP contribution in [0.4, 0.5) is 15.8 Å². The summed E-state index contributed by atoms with van der Waals surface area (Å²) in [6.07, 6.45) is 6.09. The molecule has 0 spiro atoms. The van der Waals surface area contributed by atoms with Gasteiger partial charge in [0.05, 0.1) is 23.4 Å². The SMILES string of the molecule is O=C(N=Nc1c(O)n(CN2CCN(c3cc4c(cc3F)c(=O)c(C(=O)O)cn4C3CC3)CC2)c2ccccc12)c1ccncc1. The highest BCUT2D eigenvalue weighted by Crippen LogP contribution is 2.40. The van der Waals surface area contributed by atoms with E-state index in [2.05, 4.69) is 20.1 Å². The van der Waals surface area contributed by atoms with Crippen LogP contribution in [0, 0.1) is 5.82 Å². The van der Waals surface area contributed by atoms with E-state index in [4.69, 9.17) is 0 Å².